The van der Waals surface area contributed by atoms with Gasteiger partial charge in [-0.25, -0.2) is 4.39 Å². The molecule has 0 fully saturated rings. The van der Waals surface area contributed by atoms with Crippen LogP contribution in [0.5, 0.6) is 5.75 Å². The highest BCUT2D eigenvalue weighted by molar-refractivity contribution is 7.98. The third-order valence-corrected chi connectivity index (χ3v) is 4.85. The van der Waals surface area contributed by atoms with Crippen molar-refractivity contribution in [1.29, 1.82) is 0 Å². The Balaban J connectivity index is 1.69. The second kappa shape index (κ2) is 9.62. The van der Waals surface area contributed by atoms with Gasteiger partial charge >= 0.3 is 0 Å². The fourth-order valence-corrected chi connectivity index (χ4v) is 3.31. The first-order chi connectivity index (χ1) is 12.4. The summed E-state index contributed by atoms with van der Waals surface area (Å²) in [4.78, 5) is 12.0. The van der Waals surface area contributed by atoms with Crippen LogP contribution < -0.4 is 10.1 Å². The molecule has 0 bridgehead atoms. The maximum atomic E-state index is 13.5. The Morgan fingerprint density at radius 2 is 1.81 bits per heavy atom. The first-order valence-corrected chi connectivity index (χ1v) is 9.83. The Morgan fingerprint density at radius 3 is 2.54 bits per heavy atom. The summed E-state index contributed by atoms with van der Waals surface area (Å²) >= 11 is 1.59. The molecule has 2 aromatic carbocycles. The minimum atomic E-state index is -0.185. The fourth-order valence-electron chi connectivity index (χ4n) is 2.47. The number of thioether (sulfide) groups is 1. The predicted molar refractivity (Wildman–Crippen MR) is 106 cm³/mol. The maximum Gasteiger partial charge on any atom is 0.257 e. The summed E-state index contributed by atoms with van der Waals surface area (Å²) in [5, 5.41) is 2.83. The Labute approximate surface area is 159 Å². The summed E-state index contributed by atoms with van der Waals surface area (Å²) in [6, 6.07) is 14.5. The maximum absolute atomic E-state index is 13.5. The van der Waals surface area contributed by atoms with Gasteiger partial charge in [0.1, 0.15) is 11.6 Å². The lowest BCUT2D eigenvalue weighted by molar-refractivity contribution is -0.122. The van der Waals surface area contributed by atoms with Gasteiger partial charge in [-0.1, -0.05) is 57.2 Å². The summed E-state index contributed by atoms with van der Waals surface area (Å²) in [5.41, 5.74) is 1.72. The van der Waals surface area contributed by atoms with Crippen molar-refractivity contribution in [1.82, 2.24) is 5.32 Å². The molecule has 0 heterocycles. The number of hydrogen-bond donors (Lipinski definition) is 1. The van der Waals surface area contributed by atoms with E-state index >= 15 is 0 Å². The van der Waals surface area contributed by atoms with E-state index in [0.29, 0.717) is 17.9 Å². The Bertz CT molecular complexity index is 728. The zero-order valence-corrected chi connectivity index (χ0v) is 16.4. The van der Waals surface area contributed by atoms with Gasteiger partial charge in [-0.05, 0) is 28.7 Å². The van der Waals surface area contributed by atoms with E-state index < -0.39 is 0 Å². The third-order valence-electron chi connectivity index (χ3n) is 3.84. The molecule has 0 saturated heterocycles. The van der Waals surface area contributed by atoms with Crippen molar-refractivity contribution in [3.63, 3.8) is 0 Å². The zero-order valence-electron chi connectivity index (χ0n) is 15.5. The summed E-state index contributed by atoms with van der Waals surface area (Å²) in [7, 11) is 0. The van der Waals surface area contributed by atoms with Crippen LogP contribution in [0.4, 0.5) is 4.39 Å². The second-order valence-corrected chi connectivity index (χ2v) is 8.13. The van der Waals surface area contributed by atoms with Gasteiger partial charge in [0.2, 0.25) is 0 Å². The van der Waals surface area contributed by atoms with Gasteiger partial charge in [-0.2, -0.15) is 11.8 Å². The number of para-hydroxylation sites is 1. The lowest BCUT2D eigenvalue weighted by atomic mass is 9.86. The molecule has 0 radical (unpaired) electrons. The number of benzene rings is 2. The molecule has 2 aromatic rings. The first kappa shape index (κ1) is 20.3. The van der Waals surface area contributed by atoms with Gasteiger partial charge in [0, 0.05) is 18.1 Å². The molecule has 0 atom stereocenters. The van der Waals surface area contributed by atoms with Crippen molar-refractivity contribution in [3.05, 3.63) is 65.5 Å². The molecule has 3 nitrogen and oxygen atoms in total. The topological polar surface area (TPSA) is 38.3 Å². The molecule has 0 saturated carbocycles. The third kappa shape index (κ3) is 6.37. The quantitative estimate of drug-likeness (QED) is 0.688. The number of rotatable bonds is 8. The zero-order chi connectivity index (χ0) is 19.0. The van der Waals surface area contributed by atoms with Crippen LogP contribution in [0.2, 0.25) is 0 Å². The van der Waals surface area contributed by atoms with Crippen molar-refractivity contribution in [3.8, 4) is 5.75 Å². The average Bonchev–Trinajstić information content (AvgIpc) is 2.60. The van der Waals surface area contributed by atoms with E-state index in [1.807, 2.05) is 30.3 Å². The van der Waals surface area contributed by atoms with Crippen molar-refractivity contribution in [2.45, 2.75) is 31.9 Å². The number of halogens is 1. The molecule has 1 N–H and O–H groups in total. The van der Waals surface area contributed by atoms with Gasteiger partial charge in [0.05, 0.1) is 0 Å². The smallest absolute Gasteiger partial charge is 0.257 e. The van der Waals surface area contributed by atoms with E-state index in [0.717, 1.165) is 17.1 Å². The largest absolute Gasteiger partial charge is 0.483 e. The summed E-state index contributed by atoms with van der Waals surface area (Å²) in [5.74, 6) is 1.72. The number of hydrogen-bond acceptors (Lipinski definition) is 3. The minimum Gasteiger partial charge on any atom is -0.483 e. The van der Waals surface area contributed by atoms with Crippen molar-refractivity contribution >= 4 is 17.7 Å². The number of amides is 1. The van der Waals surface area contributed by atoms with Crippen LogP contribution in [0.25, 0.3) is 0 Å². The standard InChI is InChI=1S/C21H26FNO2S/c1-21(2,3)17-9-5-7-11-19(17)25-14-20(24)23-12-13-26-15-16-8-4-6-10-18(16)22/h4-11H,12-15H2,1-3H3,(H,23,24). The normalized spacial score (nSPS) is 11.2. The predicted octanol–water partition coefficient (Wildman–Crippen LogP) is 4.55. The van der Waals surface area contributed by atoms with E-state index in [1.165, 1.54) is 6.07 Å². The van der Waals surface area contributed by atoms with Gasteiger partial charge in [0.15, 0.2) is 6.61 Å². The molecule has 2 rings (SSSR count). The monoisotopic (exact) mass is 375 g/mol. The molecule has 1 amide bonds. The molecule has 0 aliphatic carbocycles. The molecule has 26 heavy (non-hydrogen) atoms. The first-order valence-electron chi connectivity index (χ1n) is 8.68. The van der Waals surface area contributed by atoms with E-state index in [1.54, 1.807) is 23.9 Å². The highest BCUT2D eigenvalue weighted by Crippen LogP contribution is 2.30. The molecule has 5 heteroatoms. The number of ether oxygens (including phenoxy) is 1. The van der Waals surface area contributed by atoms with Crippen LogP contribution in [0.1, 0.15) is 31.9 Å². The summed E-state index contributed by atoms with van der Waals surface area (Å²) < 4.78 is 19.2. The van der Waals surface area contributed by atoms with Crippen molar-refractivity contribution in [2.75, 3.05) is 18.9 Å². The lowest BCUT2D eigenvalue weighted by Gasteiger charge is -2.22. The number of carbonyl (C=O) groups excluding carboxylic acids is 1. The lowest BCUT2D eigenvalue weighted by Crippen LogP contribution is -2.31. The van der Waals surface area contributed by atoms with Crippen LogP contribution in [-0.4, -0.2) is 24.8 Å². The van der Waals surface area contributed by atoms with E-state index in [-0.39, 0.29) is 23.7 Å². The SMILES string of the molecule is CC(C)(C)c1ccccc1OCC(=O)NCCSCc1ccccc1F. The Hall–Kier alpha value is -2.01. The van der Waals surface area contributed by atoms with Crippen LogP contribution in [0.3, 0.4) is 0 Å². The summed E-state index contributed by atoms with van der Waals surface area (Å²) in [6.07, 6.45) is 0. The van der Waals surface area contributed by atoms with Crippen LogP contribution >= 0.6 is 11.8 Å². The van der Waals surface area contributed by atoms with Crippen LogP contribution in [0.15, 0.2) is 48.5 Å². The highest BCUT2D eigenvalue weighted by Gasteiger charge is 2.18. The molecule has 0 unspecified atom stereocenters. The van der Waals surface area contributed by atoms with Crippen molar-refractivity contribution < 1.29 is 13.9 Å². The van der Waals surface area contributed by atoms with E-state index in [4.69, 9.17) is 4.74 Å². The second-order valence-electron chi connectivity index (χ2n) is 7.03. The molecule has 0 aliphatic heterocycles. The summed E-state index contributed by atoms with van der Waals surface area (Å²) in [6.45, 7) is 6.86. The van der Waals surface area contributed by atoms with Gasteiger partial charge in [-0.15, -0.1) is 0 Å². The molecular formula is C21H26FNO2S. The average molecular weight is 376 g/mol. The Morgan fingerprint density at radius 1 is 1.12 bits per heavy atom. The van der Waals surface area contributed by atoms with E-state index in [2.05, 4.69) is 26.1 Å². The van der Waals surface area contributed by atoms with Gasteiger partial charge < -0.3 is 10.1 Å². The minimum absolute atomic E-state index is 0.00886. The molecular weight excluding hydrogens is 349 g/mol. The number of nitrogens with one attached hydrogen (secondary N) is 1. The van der Waals surface area contributed by atoms with Gasteiger partial charge in [0.25, 0.3) is 5.91 Å². The van der Waals surface area contributed by atoms with Crippen LogP contribution in [0, 0.1) is 5.82 Å². The molecule has 0 aromatic heterocycles. The fraction of sp³-hybridized carbons (Fsp3) is 0.381. The Kier molecular flexibility index (Phi) is 7.51. The van der Waals surface area contributed by atoms with Gasteiger partial charge in [-0.3, -0.25) is 4.79 Å². The highest BCUT2D eigenvalue weighted by atomic mass is 32.2. The van der Waals surface area contributed by atoms with E-state index in [9.17, 15) is 9.18 Å². The van der Waals surface area contributed by atoms with Crippen LogP contribution in [-0.2, 0) is 16.0 Å². The van der Waals surface area contributed by atoms with Crippen molar-refractivity contribution in [2.24, 2.45) is 0 Å². The molecule has 0 spiro atoms. The molecule has 0 aliphatic rings. The number of carbonyl (C=O) groups is 1. The molecule has 140 valence electrons.